The zero-order valence-electron chi connectivity index (χ0n) is 7.73. The highest BCUT2D eigenvalue weighted by Crippen LogP contribution is 2.33. The highest BCUT2D eigenvalue weighted by Gasteiger charge is 2.24. The van der Waals surface area contributed by atoms with E-state index in [1.807, 2.05) is 0 Å². The first-order chi connectivity index (χ1) is 6.83. The summed E-state index contributed by atoms with van der Waals surface area (Å²) in [6, 6.07) is 0.372. The van der Waals surface area contributed by atoms with Crippen LogP contribution in [0.3, 0.4) is 0 Å². The van der Waals surface area contributed by atoms with Crippen molar-refractivity contribution in [2.75, 3.05) is 11.9 Å². The second kappa shape index (κ2) is 3.54. The summed E-state index contributed by atoms with van der Waals surface area (Å²) >= 11 is 0. The average Bonchev–Trinajstić information content (AvgIpc) is 3.00. The lowest BCUT2D eigenvalue weighted by Crippen LogP contribution is -2.23. The maximum atomic E-state index is 11.7. The van der Waals surface area contributed by atoms with Crippen molar-refractivity contribution in [3.05, 3.63) is 22.7 Å². The van der Waals surface area contributed by atoms with E-state index in [4.69, 9.17) is 6.42 Å². The predicted octanol–water partition coefficient (Wildman–Crippen LogP) is 0.623. The second-order valence-corrected chi connectivity index (χ2v) is 3.28. The maximum Gasteiger partial charge on any atom is 0.293 e. The van der Waals surface area contributed by atoms with Gasteiger partial charge in [-0.25, -0.2) is 4.98 Å². The first-order valence-electron chi connectivity index (χ1n) is 4.57. The molecule has 4 nitrogen and oxygen atoms in total. The Morgan fingerprint density at radius 2 is 2.50 bits per heavy atom. The van der Waals surface area contributed by atoms with Crippen molar-refractivity contribution in [3.63, 3.8) is 0 Å². The molecule has 1 aromatic rings. The number of anilines is 1. The van der Waals surface area contributed by atoms with Crippen LogP contribution in [0.4, 0.5) is 5.82 Å². The standard InChI is InChI=1S/C10H11N3O/c1-2-5-11-9-10(14)13(7-6-12-9)8-3-4-8/h1,6-8H,3-5H2,(H,11,12). The van der Waals surface area contributed by atoms with Gasteiger partial charge in [0.25, 0.3) is 5.56 Å². The Bertz CT molecular complexity index is 426. The van der Waals surface area contributed by atoms with E-state index in [1.54, 1.807) is 17.0 Å². The fourth-order valence-electron chi connectivity index (χ4n) is 1.32. The molecule has 1 N–H and O–H groups in total. The van der Waals surface area contributed by atoms with E-state index in [9.17, 15) is 4.79 Å². The van der Waals surface area contributed by atoms with Gasteiger partial charge in [-0.1, -0.05) is 5.92 Å². The summed E-state index contributed by atoms with van der Waals surface area (Å²) in [6.45, 7) is 0.330. The molecule has 0 atom stereocenters. The lowest BCUT2D eigenvalue weighted by atomic mass is 10.5. The molecule has 72 valence electrons. The lowest BCUT2D eigenvalue weighted by molar-refractivity contribution is 0.700. The summed E-state index contributed by atoms with van der Waals surface area (Å²) in [4.78, 5) is 15.7. The minimum atomic E-state index is -0.0785. The number of nitrogens with zero attached hydrogens (tertiary/aromatic N) is 2. The summed E-state index contributed by atoms with van der Waals surface area (Å²) in [5, 5.41) is 2.81. The lowest BCUT2D eigenvalue weighted by Gasteiger charge is -2.05. The van der Waals surface area contributed by atoms with Gasteiger partial charge in [-0.05, 0) is 12.8 Å². The minimum absolute atomic E-state index is 0.0785. The van der Waals surface area contributed by atoms with Crippen molar-refractivity contribution in [1.82, 2.24) is 9.55 Å². The quantitative estimate of drug-likeness (QED) is 0.709. The Morgan fingerprint density at radius 3 is 3.14 bits per heavy atom. The van der Waals surface area contributed by atoms with Crippen molar-refractivity contribution in [2.24, 2.45) is 0 Å². The molecule has 0 amide bonds. The molecule has 1 aromatic heterocycles. The van der Waals surface area contributed by atoms with Crippen molar-refractivity contribution in [1.29, 1.82) is 0 Å². The Kier molecular flexibility index (Phi) is 2.23. The van der Waals surface area contributed by atoms with Crippen LogP contribution in [0, 0.1) is 12.3 Å². The van der Waals surface area contributed by atoms with Crippen molar-refractivity contribution in [3.8, 4) is 12.3 Å². The first kappa shape index (κ1) is 8.82. The van der Waals surface area contributed by atoms with E-state index in [0.29, 0.717) is 18.4 Å². The van der Waals surface area contributed by atoms with Gasteiger partial charge in [-0.15, -0.1) is 6.42 Å². The van der Waals surface area contributed by atoms with Crippen molar-refractivity contribution in [2.45, 2.75) is 18.9 Å². The molecule has 0 unspecified atom stereocenters. The molecular weight excluding hydrogens is 178 g/mol. The summed E-state index contributed by atoms with van der Waals surface area (Å²) < 4.78 is 1.71. The van der Waals surface area contributed by atoms with Gasteiger partial charge in [0.15, 0.2) is 5.82 Å². The first-order valence-corrected chi connectivity index (χ1v) is 4.57. The number of hydrogen-bond acceptors (Lipinski definition) is 3. The van der Waals surface area contributed by atoms with E-state index in [0.717, 1.165) is 12.8 Å². The van der Waals surface area contributed by atoms with E-state index in [-0.39, 0.29) is 5.56 Å². The largest absolute Gasteiger partial charge is 0.355 e. The molecule has 1 aliphatic carbocycles. The summed E-state index contributed by atoms with van der Waals surface area (Å²) in [5.74, 6) is 2.75. The third-order valence-corrected chi connectivity index (χ3v) is 2.17. The van der Waals surface area contributed by atoms with E-state index >= 15 is 0 Å². The van der Waals surface area contributed by atoms with Crippen LogP contribution in [0.1, 0.15) is 18.9 Å². The molecule has 1 aliphatic rings. The van der Waals surface area contributed by atoms with Crippen LogP contribution in [-0.4, -0.2) is 16.1 Å². The van der Waals surface area contributed by atoms with Crippen LogP contribution in [0.15, 0.2) is 17.2 Å². The van der Waals surface area contributed by atoms with Crippen LogP contribution in [0.25, 0.3) is 0 Å². The van der Waals surface area contributed by atoms with Gasteiger partial charge < -0.3 is 9.88 Å². The Balaban J connectivity index is 2.28. The molecule has 0 aliphatic heterocycles. The molecule has 0 radical (unpaired) electrons. The monoisotopic (exact) mass is 189 g/mol. The molecule has 1 heterocycles. The van der Waals surface area contributed by atoms with Gasteiger partial charge in [0.05, 0.1) is 6.54 Å². The van der Waals surface area contributed by atoms with Gasteiger partial charge in [-0.3, -0.25) is 4.79 Å². The van der Waals surface area contributed by atoms with Crippen LogP contribution < -0.4 is 10.9 Å². The molecule has 1 fully saturated rings. The average molecular weight is 189 g/mol. The van der Waals surface area contributed by atoms with Gasteiger partial charge in [-0.2, -0.15) is 0 Å². The maximum absolute atomic E-state index is 11.7. The van der Waals surface area contributed by atoms with Gasteiger partial charge >= 0.3 is 0 Å². The molecule has 0 spiro atoms. The van der Waals surface area contributed by atoms with Gasteiger partial charge in [0, 0.05) is 18.4 Å². The van der Waals surface area contributed by atoms with E-state index in [1.165, 1.54) is 0 Å². The zero-order valence-corrected chi connectivity index (χ0v) is 7.73. The minimum Gasteiger partial charge on any atom is -0.355 e. The van der Waals surface area contributed by atoms with Crippen LogP contribution in [-0.2, 0) is 0 Å². The Labute approximate surface area is 82.0 Å². The normalized spacial score (nSPS) is 14.8. The summed E-state index contributed by atoms with van der Waals surface area (Å²) in [7, 11) is 0. The van der Waals surface area contributed by atoms with E-state index in [2.05, 4.69) is 16.2 Å². The fraction of sp³-hybridized carbons (Fsp3) is 0.400. The smallest absolute Gasteiger partial charge is 0.293 e. The van der Waals surface area contributed by atoms with E-state index < -0.39 is 0 Å². The summed E-state index contributed by atoms with van der Waals surface area (Å²) in [6.07, 6.45) is 10.6. The molecule has 1 saturated carbocycles. The zero-order chi connectivity index (χ0) is 9.97. The molecule has 14 heavy (non-hydrogen) atoms. The van der Waals surface area contributed by atoms with Crippen LogP contribution in [0.2, 0.25) is 0 Å². The molecule has 4 heteroatoms. The molecule has 0 bridgehead atoms. The molecule has 0 saturated heterocycles. The second-order valence-electron chi connectivity index (χ2n) is 3.28. The highest BCUT2D eigenvalue weighted by atomic mass is 16.1. The topological polar surface area (TPSA) is 46.9 Å². The Hall–Kier alpha value is -1.76. The van der Waals surface area contributed by atoms with Crippen molar-refractivity contribution < 1.29 is 0 Å². The fourth-order valence-corrected chi connectivity index (χ4v) is 1.32. The van der Waals surface area contributed by atoms with Gasteiger partial charge in [0.2, 0.25) is 0 Å². The molecule has 0 aromatic carbocycles. The number of rotatable bonds is 3. The van der Waals surface area contributed by atoms with Gasteiger partial charge in [0.1, 0.15) is 0 Å². The molecule has 2 rings (SSSR count). The van der Waals surface area contributed by atoms with Crippen LogP contribution in [0.5, 0.6) is 0 Å². The van der Waals surface area contributed by atoms with Crippen molar-refractivity contribution >= 4 is 5.82 Å². The molecular formula is C10H11N3O. The number of hydrogen-bond donors (Lipinski definition) is 1. The number of terminal acetylenes is 1. The summed E-state index contributed by atoms with van der Waals surface area (Å²) in [5.41, 5.74) is -0.0785. The number of nitrogens with one attached hydrogen (secondary N) is 1. The highest BCUT2D eigenvalue weighted by molar-refractivity contribution is 5.32. The SMILES string of the molecule is C#CCNc1nccn(C2CC2)c1=O. The third-order valence-electron chi connectivity index (χ3n) is 2.17. The number of aromatic nitrogens is 2. The third kappa shape index (κ3) is 1.62. The predicted molar refractivity (Wildman–Crippen MR) is 54.1 cm³/mol. The Morgan fingerprint density at radius 1 is 1.71 bits per heavy atom. The van der Waals surface area contributed by atoms with Crippen LogP contribution >= 0.6 is 0 Å².